The highest BCUT2D eigenvalue weighted by atomic mass is 19.4. The summed E-state index contributed by atoms with van der Waals surface area (Å²) in [5.41, 5.74) is -0.0377. The molecule has 2 rings (SSSR count). The maximum absolute atomic E-state index is 12.6. The normalized spacial score (nSPS) is 21.8. The molecule has 1 aliphatic carbocycles. The second kappa shape index (κ2) is 7.89. The van der Waals surface area contributed by atoms with Crippen LogP contribution >= 0.6 is 0 Å². The lowest BCUT2D eigenvalue weighted by Gasteiger charge is -2.19. The van der Waals surface area contributed by atoms with Crippen LogP contribution in [-0.2, 0) is 22.2 Å². The van der Waals surface area contributed by atoms with Gasteiger partial charge in [-0.3, -0.25) is 9.59 Å². The average Bonchev–Trinajstić information content (AvgIpc) is 3.00. The van der Waals surface area contributed by atoms with Crippen LogP contribution in [0.25, 0.3) is 0 Å². The highest BCUT2D eigenvalue weighted by Crippen LogP contribution is 2.30. The maximum Gasteiger partial charge on any atom is 0.416 e. The van der Waals surface area contributed by atoms with Crippen LogP contribution in [0, 0.1) is 11.8 Å². The lowest BCUT2D eigenvalue weighted by Crippen LogP contribution is -2.38. The Morgan fingerprint density at radius 3 is 2.36 bits per heavy atom. The predicted octanol–water partition coefficient (Wildman–Crippen LogP) is 3.64. The third kappa shape index (κ3) is 5.21. The van der Waals surface area contributed by atoms with Gasteiger partial charge < -0.3 is 10.4 Å². The van der Waals surface area contributed by atoms with Crippen molar-refractivity contribution in [3.63, 3.8) is 0 Å². The highest BCUT2D eigenvalue weighted by molar-refractivity contribution is 5.79. The molecule has 1 saturated carbocycles. The number of benzene rings is 1. The van der Waals surface area contributed by atoms with Crippen molar-refractivity contribution in [2.45, 2.75) is 51.2 Å². The molecule has 3 atom stereocenters. The number of aliphatic carboxylic acids is 1. The van der Waals surface area contributed by atoms with Gasteiger partial charge in [-0.25, -0.2) is 0 Å². The molecule has 2 N–H and O–H groups in total. The first-order valence-electron chi connectivity index (χ1n) is 8.40. The van der Waals surface area contributed by atoms with Gasteiger partial charge in [0.05, 0.1) is 11.5 Å². The molecule has 1 aromatic carbocycles. The summed E-state index contributed by atoms with van der Waals surface area (Å²) >= 11 is 0. The van der Waals surface area contributed by atoms with E-state index < -0.39 is 23.6 Å². The summed E-state index contributed by atoms with van der Waals surface area (Å²) in [5.74, 6) is -1.77. The van der Waals surface area contributed by atoms with E-state index in [2.05, 4.69) is 5.32 Å². The fourth-order valence-electron chi connectivity index (χ4n) is 3.19. The van der Waals surface area contributed by atoms with E-state index in [4.69, 9.17) is 5.11 Å². The molecule has 25 heavy (non-hydrogen) atoms. The zero-order valence-electron chi connectivity index (χ0n) is 14.0. The lowest BCUT2D eigenvalue weighted by atomic mass is 9.95. The first-order chi connectivity index (χ1) is 11.7. The third-order valence-corrected chi connectivity index (χ3v) is 4.76. The number of carbonyl (C=O) groups excluding carboxylic acids is 1. The van der Waals surface area contributed by atoms with Crippen LogP contribution in [0.2, 0.25) is 0 Å². The molecule has 1 fully saturated rings. The Balaban J connectivity index is 1.93. The Morgan fingerprint density at radius 1 is 1.24 bits per heavy atom. The largest absolute Gasteiger partial charge is 0.481 e. The second-order valence-electron chi connectivity index (χ2n) is 6.56. The molecule has 1 amide bonds. The van der Waals surface area contributed by atoms with Crippen molar-refractivity contribution >= 4 is 11.9 Å². The standard InChI is InChI=1S/C18H22F3NO3/c1-2-12(9-11-3-6-14(7-4-11)18(19,20)21)16(23)22-15-8-5-13(10-15)17(24)25/h3-4,6-7,12-13,15H,2,5,8-10H2,1H3,(H,22,23)(H,24,25)/t12?,13-,15+/m0/s1. The zero-order chi connectivity index (χ0) is 18.6. The molecule has 7 heteroatoms. The Morgan fingerprint density at radius 2 is 1.88 bits per heavy atom. The van der Waals surface area contributed by atoms with Gasteiger partial charge in [-0.15, -0.1) is 0 Å². The van der Waals surface area contributed by atoms with E-state index in [-0.39, 0.29) is 17.9 Å². The van der Waals surface area contributed by atoms with E-state index in [0.29, 0.717) is 37.7 Å². The van der Waals surface area contributed by atoms with Gasteiger partial charge in [0.25, 0.3) is 0 Å². The van der Waals surface area contributed by atoms with Crippen molar-refractivity contribution in [2.24, 2.45) is 11.8 Å². The minimum atomic E-state index is -4.37. The smallest absolute Gasteiger partial charge is 0.416 e. The van der Waals surface area contributed by atoms with Crippen LogP contribution in [0.4, 0.5) is 13.2 Å². The molecular weight excluding hydrogens is 335 g/mol. The maximum atomic E-state index is 12.6. The van der Waals surface area contributed by atoms with Crippen LogP contribution in [0.3, 0.4) is 0 Å². The van der Waals surface area contributed by atoms with E-state index in [1.165, 1.54) is 12.1 Å². The van der Waals surface area contributed by atoms with E-state index >= 15 is 0 Å². The number of rotatable bonds is 6. The topological polar surface area (TPSA) is 66.4 Å². The molecule has 0 heterocycles. The molecule has 0 spiro atoms. The Hall–Kier alpha value is -2.05. The van der Waals surface area contributed by atoms with Crippen molar-refractivity contribution in [3.8, 4) is 0 Å². The monoisotopic (exact) mass is 357 g/mol. The Bertz CT molecular complexity index is 613. The summed E-state index contributed by atoms with van der Waals surface area (Å²) in [6, 6.07) is 4.70. The van der Waals surface area contributed by atoms with Gasteiger partial charge >= 0.3 is 12.1 Å². The van der Waals surface area contributed by atoms with Crippen molar-refractivity contribution in [1.82, 2.24) is 5.32 Å². The van der Waals surface area contributed by atoms with Crippen LogP contribution < -0.4 is 5.32 Å². The van der Waals surface area contributed by atoms with Crippen molar-refractivity contribution in [2.75, 3.05) is 0 Å². The van der Waals surface area contributed by atoms with Crippen LogP contribution in [0.5, 0.6) is 0 Å². The van der Waals surface area contributed by atoms with E-state index in [0.717, 1.165) is 12.1 Å². The molecule has 0 aromatic heterocycles. The predicted molar refractivity (Wildman–Crippen MR) is 85.8 cm³/mol. The van der Waals surface area contributed by atoms with Gasteiger partial charge in [0, 0.05) is 12.0 Å². The fraction of sp³-hybridized carbons (Fsp3) is 0.556. The van der Waals surface area contributed by atoms with E-state index in [9.17, 15) is 22.8 Å². The Kier molecular flexibility index (Phi) is 6.08. The SMILES string of the molecule is CCC(Cc1ccc(C(F)(F)F)cc1)C(=O)N[C@@H]1CC[C@H](C(=O)O)C1. The van der Waals surface area contributed by atoms with Gasteiger partial charge in [0.15, 0.2) is 0 Å². The summed E-state index contributed by atoms with van der Waals surface area (Å²) < 4.78 is 37.8. The molecule has 0 saturated heterocycles. The minimum Gasteiger partial charge on any atom is -0.481 e. The minimum absolute atomic E-state index is 0.143. The number of carbonyl (C=O) groups is 2. The summed E-state index contributed by atoms with van der Waals surface area (Å²) in [4.78, 5) is 23.4. The summed E-state index contributed by atoms with van der Waals surface area (Å²) in [5, 5.41) is 11.9. The average molecular weight is 357 g/mol. The van der Waals surface area contributed by atoms with Gasteiger partial charge in [-0.2, -0.15) is 13.2 Å². The van der Waals surface area contributed by atoms with Gasteiger partial charge in [0.2, 0.25) is 5.91 Å². The molecular formula is C18H22F3NO3. The fourth-order valence-corrected chi connectivity index (χ4v) is 3.19. The first kappa shape index (κ1) is 19.3. The van der Waals surface area contributed by atoms with Crippen LogP contribution in [-0.4, -0.2) is 23.0 Å². The number of halogens is 3. The molecule has 0 bridgehead atoms. The first-order valence-corrected chi connectivity index (χ1v) is 8.40. The lowest BCUT2D eigenvalue weighted by molar-refractivity contribution is -0.141. The molecule has 138 valence electrons. The number of hydrogen-bond donors (Lipinski definition) is 2. The molecule has 1 aliphatic rings. The number of carboxylic acid groups (broad SMARTS) is 1. The molecule has 1 unspecified atom stereocenters. The number of amides is 1. The van der Waals surface area contributed by atoms with Crippen molar-refractivity contribution in [1.29, 1.82) is 0 Å². The molecule has 1 aromatic rings. The molecule has 4 nitrogen and oxygen atoms in total. The molecule has 0 radical (unpaired) electrons. The summed E-state index contributed by atoms with van der Waals surface area (Å²) in [6.45, 7) is 1.85. The number of carboxylic acids is 1. The second-order valence-corrected chi connectivity index (χ2v) is 6.56. The van der Waals surface area contributed by atoms with Gasteiger partial charge in [0.1, 0.15) is 0 Å². The number of nitrogens with one attached hydrogen (secondary N) is 1. The van der Waals surface area contributed by atoms with Gasteiger partial charge in [-0.05, 0) is 49.8 Å². The van der Waals surface area contributed by atoms with E-state index in [1.807, 2.05) is 6.92 Å². The van der Waals surface area contributed by atoms with Gasteiger partial charge in [-0.1, -0.05) is 19.1 Å². The van der Waals surface area contributed by atoms with Crippen LogP contribution in [0.1, 0.15) is 43.7 Å². The highest BCUT2D eigenvalue weighted by Gasteiger charge is 2.32. The van der Waals surface area contributed by atoms with E-state index in [1.54, 1.807) is 0 Å². The van der Waals surface area contributed by atoms with Crippen LogP contribution in [0.15, 0.2) is 24.3 Å². The third-order valence-electron chi connectivity index (χ3n) is 4.76. The summed E-state index contributed by atoms with van der Waals surface area (Å²) in [6.07, 6.45) is -1.84. The number of alkyl halides is 3. The zero-order valence-corrected chi connectivity index (χ0v) is 14.0. The van der Waals surface area contributed by atoms with Crippen molar-refractivity contribution in [3.05, 3.63) is 35.4 Å². The quantitative estimate of drug-likeness (QED) is 0.817. The number of hydrogen-bond acceptors (Lipinski definition) is 2. The van der Waals surface area contributed by atoms with Crippen molar-refractivity contribution < 1.29 is 27.9 Å². The summed E-state index contributed by atoms with van der Waals surface area (Å²) in [7, 11) is 0. The molecule has 0 aliphatic heterocycles. The Labute approximate surface area is 144 Å².